The molecule has 7 aromatic carbocycles. The minimum atomic E-state index is -0.146. The van der Waals surface area contributed by atoms with Crippen molar-refractivity contribution in [1.82, 2.24) is 9.55 Å². The summed E-state index contributed by atoms with van der Waals surface area (Å²) in [4.78, 5) is 10.6. The Labute approximate surface area is 323 Å². The summed E-state index contributed by atoms with van der Waals surface area (Å²) in [6.07, 6.45) is 0. The van der Waals surface area contributed by atoms with Crippen LogP contribution in [0.15, 0.2) is 189 Å². The van der Waals surface area contributed by atoms with Crippen LogP contribution in [0.5, 0.6) is 0 Å². The zero-order valence-electron chi connectivity index (χ0n) is 29.9. The first-order valence-electron chi connectivity index (χ1n) is 18.5. The van der Waals surface area contributed by atoms with Crippen LogP contribution in [0.4, 0.5) is 0 Å². The summed E-state index contributed by atoms with van der Waals surface area (Å²) < 4.78 is 2.53. The molecule has 2 aliphatic rings. The van der Waals surface area contributed by atoms with Crippen LogP contribution in [0.1, 0.15) is 25.0 Å². The van der Waals surface area contributed by atoms with Gasteiger partial charge >= 0.3 is 0 Å². The highest BCUT2D eigenvalue weighted by molar-refractivity contribution is 8.05. The molecule has 0 unspecified atom stereocenters. The van der Waals surface area contributed by atoms with Crippen LogP contribution in [-0.2, 0) is 5.41 Å². The lowest BCUT2D eigenvalue weighted by Gasteiger charge is -2.22. The molecule has 11 rings (SSSR count). The summed E-state index contributed by atoms with van der Waals surface area (Å²) in [5.41, 5.74) is 15.4. The molecular weight excluding hydrogens is 693 g/mol. The summed E-state index contributed by atoms with van der Waals surface area (Å²) in [7, 11) is 0. The zero-order valence-corrected chi connectivity index (χ0v) is 31.5. The first kappa shape index (κ1) is 31.7. The molecule has 0 atom stereocenters. The van der Waals surface area contributed by atoms with E-state index in [2.05, 4.69) is 188 Å². The molecule has 0 fully saturated rings. The van der Waals surface area contributed by atoms with Gasteiger partial charge < -0.3 is 4.57 Å². The van der Waals surface area contributed by atoms with Crippen LogP contribution in [0, 0.1) is 0 Å². The van der Waals surface area contributed by atoms with Crippen molar-refractivity contribution < 1.29 is 0 Å². The zero-order chi connectivity index (χ0) is 36.0. The summed E-state index contributed by atoms with van der Waals surface area (Å²) in [6, 6.07) is 61.8. The number of rotatable bonds is 4. The van der Waals surface area contributed by atoms with E-state index in [1.807, 2.05) is 23.5 Å². The third kappa shape index (κ3) is 4.80. The first-order chi connectivity index (χ1) is 26.5. The Morgan fingerprint density at radius 3 is 1.96 bits per heavy atom. The lowest BCUT2D eigenvalue weighted by atomic mass is 9.80. The summed E-state index contributed by atoms with van der Waals surface area (Å²) in [5, 5.41) is 2.65. The van der Waals surface area contributed by atoms with Crippen LogP contribution in [0.25, 0.3) is 72.3 Å². The van der Waals surface area contributed by atoms with Crippen molar-refractivity contribution in [2.45, 2.75) is 38.8 Å². The Bertz CT molecular complexity index is 2900. The largest absolute Gasteiger partial charge is 0.308 e. The van der Waals surface area contributed by atoms with Crippen molar-refractivity contribution in [1.29, 1.82) is 0 Å². The van der Waals surface area contributed by atoms with Crippen LogP contribution in [0.3, 0.4) is 0 Å². The Hall–Kier alpha value is -5.81. The minimum Gasteiger partial charge on any atom is -0.308 e. The molecule has 0 amide bonds. The molecule has 0 N–H and O–H groups in total. The van der Waals surface area contributed by atoms with Crippen molar-refractivity contribution >= 4 is 45.3 Å². The van der Waals surface area contributed by atoms with Crippen LogP contribution >= 0.6 is 23.5 Å². The van der Waals surface area contributed by atoms with Gasteiger partial charge in [0.05, 0.1) is 27.3 Å². The number of fused-ring (bicyclic) bond motifs is 10. The molecule has 256 valence electrons. The Kier molecular flexibility index (Phi) is 7.11. The predicted molar refractivity (Wildman–Crippen MR) is 227 cm³/mol. The van der Waals surface area contributed by atoms with Gasteiger partial charge in [-0.25, -0.2) is 4.98 Å². The van der Waals surface area contributed by atoms with Gasteiger partial charge in [-0.05, 0) is 81.9 Å². The standard InChI is InChI=1S/C50H34N2S2/c1-50(2)39-21-10-9-20-36(39)37-24-26-42-46(47(37)50)38-25-27-45-49(54-44-23-12-11-22-43(44)53-45)48(38)52(42)35-19-13-18-33(28-35)41-30-34(31-14-5-3-6-15-31)29-40(51-41)32-16-7-4-8-17-32/h3-30H,1-2H3. The second-order valence-corrected chi connectivity index (χ2v) is 16.9. The molecule has 1 aliphatic carbocycles. The maximum Gasteiger partial charge on any atom is 0.0716 e. The van der Waals surface area contributed by atoms with Crippen molar-refractivity contribution in [2.75, 3.05) is 0 Å². The van der Waals surface area contributed by atoms with Gasteiger partial charge in [0.2, 0.25) is 0 Å². The second kappa shape index (κ2) is 12.1. The van der Waals surface area contributed by atoms with Gasteiger partial charge in [0.15, 0.2) is 0 Å². The van der Waals surface area contributed by atoms with Crippen molar-refractivity contribution in [3.63, 3.8) is 0 Å². The molecule has 9 aromatic rings. The number of hydrogen-bond acceptors (Lipinski definition) is 3. The van der Waals surface area contributed by atoms with E-state index in [1.54, 1.807) is 0 Å². The Morgan fingerprint density at radius 2 is 1.17 bits per heavy atom. The monoisotopic (exact) mass is 726 g/mol. The number of aromatic nitrogens is 2. The smallest absolute Gasteiger partial charge is 0.0716 e. The van der Waals surface area contributed by atoms with Gasteiger partial charge in [0.25, 0.3) is 0 Å². The number of nitrogens with zero attached hydrogens (tertiary/aromatic N) is 2. The molecule has 4 heteroatoms. The number of hydrogen-bond donors (Lipinski definition) is 0. The van der Waals surface area contributed by atoms with E-state index in [9.17, 15) is 0 Å². The fourth-order valence-corrected chi connectivity index (χ4v) is 11.1. The van der Waals surface area contributed by atoms with Crippen LogP contribution in [-0.4, -0.2) is 9.55 Å². The van der Waals surface area contributed by atoms with Gasteiger partial charge in [0, 0.05) is 47.7 Å². The van der Waals surface area contributed by atoms with Crippen LogP contribution in [0.2, 0.25) is 0 Å². The molecular formula is C50H34N2S2. The molecule has 0 bridgehead atoms. The fourth-order valence-electron chi connectivity index (χ4n) is 8.75. The molecule has 1 aliphatic heterocycles. The quantitative estimate of drug-likeness (QED) is 0.180. The lowest BCUT2D eigenvalue weighted by molar-refractivity contribution is 0.666. The van der Waals surface area contributed by atoms with Crippen molar-refractivity contribution in [2.24, 2.45) is 0 Å². The van der Waals surface area contributed by atoms with E-state index >= 15 is 0 Å². The molecule has 0 saturated carbocycles. The molecule has 54 heavy (non-hydrogen) atoms. The maximum absolute atomic E-state index is 5.31. The summed E-state index contributed by atoms with van der Waals surface area (Å²) >= 11 is 3.78. The third-order valence-corrected chi connectivity index (χ3v) is 13.8. The van der Waals surface area contributed by atoms with Gasteiger partial charge in [0.1, 0.15) is 0 Å². The highest BCUT2D eigenvalue weighted by Gasteiger charge is 2.38. The van der Waals surface area contributed by atoms with Crippen molar-refractivity contribution in [3.8, 4) is 50.5 Å². The predicted octanol–water partition coefficient (Wildman–Crippen LogP) is 14.1. The Balaban J connectivity index is 1.18. The Morgan fingerprint density at radius 1 is 0.500 bits per heavy atom. The number of pyridine rings is 1. The fraction of sp³-hybridized carbons (Fsp3) is 0.0600. The molecule has 0 spiro atoms. The lowest BCUT2D eigenvalue weighted by Crippen LogP contribution is -2.15. The van der Waals surface area contributed by atoms with E-state index in [1.165, 1.54) is 69.2 Å². The molecule has 3 heterocycles. The number of benzene rings is 7. The maximum atomic E-state index is 5.31. The van der Waals surface area contributed by atoms with Gasteiger partial charge in [-0.1, -0.05) is 159 Å². The van der Waals surface area contributed by atoms with E-state index < -0.39 is 0 Å². The topological polar surface area (TPSA) is 17.8 Å². The van der Waals surface area contributed by atoms with Gasteiger partial charge in [-0.2, -0.15) is 0 Å². The normalized spacial score (nSPS) is 13.7. The average molecular weight is 727 g/mol. The molecule has 2 aromatic heterocycles. The highest BCUT2D eigenvalue weighted by Crippen LogP contribution is 2.56. The van der Waals surface area contributed by atoms with Gasteiger partial charge in [-0.3, -0.25) is 0 Å². The van der Waals surface area contributed by atoms with Crippen LogP contribution < -0.4 is 0 Å². The first-order valence-corrected chi connectivity index (χ1v) is 20.1. The van der Waals surface area contributed by atoms with Crippen molar-refractivity contribution in [3.05, 3.63) is 181 Å². The highest BCUT2D eigenvalue weighted by atomic mass is 32.2. The molecule has 0 radical (unpaired) electrons. The average Bonchev–Trinajstić information content (AvgIpc) is 3.69. The molecule has 0 saturated heterocycles. The minimum absolute atomic E-state index is 0.146. The molecule has 2 nitrogen and oxygen atoms in total. The van der Waals surface area contributed by atoms with E-state index in [-0.39, 0.29) is 5.41 Å². The summed E-state index contributed by atoms with van der Waals surface area (Å²) in [6.45, 7) is 4.80. The SMILES string of the molecule is CC1(C)c2ccccc2-c2ccc3c(c21)c1ccc2c(c1n3-c1cccc(-c3cc(-c4ccccc4)cc(-c4ccccc4)n3)c1)Sc1ccccc1S2. The third-order valence-electron chi connectivity index (χ3n) is 11.2. The van der Waals surface area contributed by atoms with Gasteiger partial charge in [-0.15, -0.1) is 0 Å². The summed E-state index contributed by atoms with van der Waals surface area (Å²) in [5.74, 6) is 0. The van der Waals surface area contributed by atoms with E-state index in [0.717, 1.165) is 33.8 Å². The van der Waals surface area contributed by atoms with E-state index in [4.69, 9.17) is 4.98 Å². The second-order valence-electron chi connectivity index (χ2n) is 14.7. The van der Waals surface area contributed by atoms with E-state index in [0.29, 0.717) is 0 Å².